The third kappa shape index (κ3) is 4.04. The molecule has 2 heterocycles. The minimum Gasteiger partial charge on any atom is -0.331 e. The fourth-order valence-corrected chi connectivity index (χ4v) is 4.43. The molecule has 0 unspecified atom stereocenters. The molecule has 1 aliphatic rings. The number of carbonyl (C=O) groups is 2. The highest BCUT2D eigenvalue weighted by Gasteiger charge is 2.36. The summed E-state index contributed by atoms with van der Waals surface area (Å²) in [7, 11) is 0. The third-order valence-corrected chi connectivity index (χ3v) is 6.37. The van der Waals surface area contributed by atoms with Crippen LogP contribution in [-0.4, -0.2) is 16.8 Å². The number of anilines is 3. The van der Waals surface area contributed by atoms with Gasteiger partial charge in [0.1, 0.15) is 0 Å². The molecular weight excluding hydrogens is 533 g/mol. The molecule has 0 saturated heterocycles. The Morgan fingerprint density at radius 3 is 2.25 bits per heavy atom. The predicted octanol–water partition coefficient (Wildman–Crippen LogP) is 7.24. The number of hydrogen-bond acceptors (Lipinski definition) is 5. The van der Waals surface area contributed by atoms with Gasteiger partial charge < -0.3 is 5.32 Å². The molecular formula is C23H14BrCl2N3O2S. The molecule has 0 atom stereocenters. The molecule has 5 rings (SSSR count). The van der Waals surface area contributed by atoms with Gasteiger partial charge in [-0.25, -0.2) is 9.88 Å². The fraction of sp³-hybridized carbons (Fsp3) is 0. The van der Waals surface area contributed by atoms with E-state index in [1.807, 2.05) is 17.5 Å². The highest BCUT2D eigenvalue weighted by molar-refractivity contribution is 8.93. The molecule has 4 aromatic rings. The molecule has 0 radical (unpaired) electrons. The van der Waals surface area contributed by atoms with E-state index in [1.165, 1.54) is 16.2 Å². The summed E-state index contributed by atoms with van der Waals surface area (Å²) in [4.78, 5) is 31.4. The normalized spacial score (nSPS) is 12.5. The highest BCUT2D eigenvalue weighted by Crippen LogP contribution is 2.33. The van der Waals surface area contributed by atoms with Crippen LogP contribution in [0.3, 0.4) is 0 Å². The second-order valence-corrected chi connectivity index (χ2v) is 8.51. The van der Waals surface area contributed by atoms with E-state index in [1.54, 1.807) is 54.6 Å². The summed E-state index contributed by atoms with van der Waals surface area (Å²) in [6.07, 6.45) is 0. The number of benzene rings is 3. The summed E-state index contributed by atoms with van der Waals surface area (Å²) in [6, 6.07) is 19.3. The first-order chi connectivity index (χ1) is 15.0. The number of amides is 2. The molecule has 1 aromatic heterocycles. The molecule has 32 heavy (non-hydrogen) atoms. The maximum atomic E-state index is 12.8. The zero-order valence-electron chi connectivity index (χ0n) is 16.2. The van der Waals surface area contributed by atoms with Crippen molar-refractivity contribution in [2.75, 3.05) is 10.2 Å². The summed E-state index contributed by atoms with van der Waals surface area (Å²) in [5, 5.41) is 6.73. The highest BCUT2D eigenvalue weighted by atomic mass is 79.9. The van der Waals surface area contributed by atoms with Crippen LogP contribution in [0.25, 0.3) is 11.3 Å². The van der Waals surface area contributed by atoms with Gasteiger partial charge in [-0.05, 0) is 42.5 Å². The van der Waals surface area contributed by atoms with Gasteiger partial charge in [0.25, 0.3) is 11.8 Å². The first kappa shape index (κ1) is 22.5. The lowest BCUT2D eigenvalue weighted by Crippen LogP contribution is -2.29. The SMILES string of the molecule is Br.O=C1c2ccccc2C(=O)N1c1cccc(-c2csc(Nc3ccc(Cl)c(Cl)c3)n2)c1. The predicted molar refractivity (Wildman–Crippen MR) is 135 cm³/mol. The number of aromatic nitrogens is 1. The zero-order valence-corrected chi connectivity index (χ0v) is 20.3. The van der Waals surface area contributed by atoms with Crippen molar-refractivity contribution < 1.29 is 9.59 Å². The van der Waals surface area contributed by atoms with Gasteiger partial charge in [0.15, 0.2) is 5.13 Å². The van der Waals surface area contributed by atoms with E-state index in [-0.39, 0.29) is 28.8 Å². The molecule has 0 aliphatic carbocycles. The van der Waals surface area contributed by atoms with Crippen molar-refractivity contribution in [3.05, 3.63) is 93.3 Å². The summed E-state index contributed by atoms with van der Waals surface area (Å²) in [5.74, 6) is -0.643. The molecule has 0 spiro atoms. The number of hydrogen-bond donors (Lipinski definition) is 1. The van der Waals surface area contributed by atoms with Crippen molar-refractivity contribution in [3.8, 4) is 11.3 Å². The Labute approximate surface area is 208 Å². The first-order valence-electron chi connectivity index (χ1n) is 9.27. The van der Waals surface area contributed by atoms with E-state index in [9.17, 15) is 9.59 Å². The van der Waals surface area contributed by atoms with Crippen molar-refractivity contribution in [1.82, 2.24) is 4.98 Å². The lowest BCUT2D eigenvalue weighted by atomic mass is 10.1. The summed E-state index contributed by atoms with van der Waals surface area (Å²) in [5.41, 5.74) is 3.64. The van der Waals surface area contributed by atoms with Crippen LogP contribution in [-0.2, 0) is 0 Å². The maximum absolute atomic E-state index is 12.8. The van der Waals surface area contributed by atoms with Crippen LogP contribution in [0.1, 0.15) is 20.7 Å². The molecule has 3 aromatic carbocycles. The molecule has 160 valence electrons. The van der Waals surface area contributed by atoms with Crippen LogP contribution < -0.4 is 10.2 Å². The van der Waals surface area contributed by atoms with Crippen molar-refractivity contribution in [1.29, 1.82) is 0 Å². The van der Waals surface area contributed by atoms with E-state index >= 15 is 0 Å². The zero-order chi connectivity index (χ0) is 21.5. The Morgan fingerprint density at radius 2 is 1.56 bits per heavy atom. The van der Waals surface area contributed by atoms with E-state index < -0.39 is 0 Å². The molecule has 0 bridgehead atoms. The number of halogens is 3. The summed E-state index contributed by atoms with van der Waals surface area (Å²) in [6.45, 7) is 0. The molecule has 9 heteroatoms. The van der Waals surface area contributed by atoms with Crippen molar-refractivity contribution in [3.63, 3.8) is 0 Å². The van der Waals surface area contributed by atoms with Gasteiger partial charge >= 0.3 is 0 Å². The average molecular weight is 547 g/mol. The molecule has 0 fully saturated rings. The fourth-order valence-electron chi connectivity index (χ4n) is 3.39. The Morgan fingerprint density at radius 1 is 0.844 bits per heavy atom. The molecule has 1 N–H and O–H groups in total. The summed E-state index contributed by atoms with van der Waals surface area (Å²) < 4.78 is 0. The van der Waals surface area contributed by atoms with Crippen LogP contribution in [0, 0.1) is 0 Å². The molecule has 5 nitrogen and oxygen atoms in total. The standard InChI is InChI=1S/C23H13Cl2N3O2S.BrH/c24-18-9-8-14(11-19(18)25)26-23-27-20(12-31-23)13-4-3-5-15(10-13)28-21(29)16-6-1-2-7-17(16)22(28)30;/h1-12H,(H,26,27);1H. The second kappa shape index (κ2) is 9.03. The smallest absolute Gasteiger partial charge is 0.266 e. The van der Waals surface area contributed by atoms with Crippen LogP contribution in [0.5, 0.6) is 0 Å². The van der Waals surface area contributed by atoms with E-state index in [4.69, 9.17) is 23.2 Å². The Hall–Kier alpha value is -2.71. The third-order valence-electron chi connectivity index (χ3n) is 4.87. The summed E-state index contributed by atoms with van der Waals surface area (Å²) >= 11 is 13.5. The number of thiazole rings is 1. The lowest BCUT2D eigenvalue weighted by Gasteiger charge is -2.14. The number of imide groups is 1. The van der Waals surface area contributed by atoms with Gasteiger partial charge in [-0.1, -0.05) is 47.5 Å². The van der Waals surface area contributed by atoms with Crippen LogP contribution >= 0.6 is 51.5 Å². The largest absolute Gasteiger partial charge is 0.331 e. The Bertz CT molecular complexity index is 1320. The number of nitrogens with one attached hydrogen (secondary N) is 1. The van der Waals surface area contributed by atoms with Crippen molar-refractivity contribution >= 4 is 79.8 Å². The Balaban J connectivity index is 0.00000245. The van der Waals surface area contributed by atoms with E-state index in [0.717, 1.165) is 16.9 Å². The monoisotopic (exact) mass is 545 g/mol. The Kier molecular flexibility index (Phi) is 6.35. The van der Waals surface area contributed by atoms with Crippen LogP contribution in [0.4, 0.5) is 16.5 Å². The molecule has 1 aliphatic heterocycles. The van der Waals surface area contributed by atoms with Crippen LogP contribution in [0.2, 0.25) is 10.0 Å². The second-order valence-electron chi connectivity index (χ2n) is 6.83. The van der Waals surface area contributed by atoms with Crippen molar-refractivity contribution in [2.24, 2.45) is 0 Å². The number of fused-ring (bicyclic) bond motifs is 1. The minimum absolute atomic E-state index is 0. The quantitative estimate of drug-likeness (QED) is 0.274. The van der Waals surface area contributed by atoms with E-state index in [2.05, 4.69) is 10.3 Å². The number of carbonyl (C=O) groups excluding carboxylic acids is 2. The van der Waals surface area contributed by atoms with Crippen molar-refractivity contribution in [2.45, 2.75) is 0 Å². The molecule has 0 saturated carbocycles. The minimum atomic E-state index is -0.321. The molecule has 2 amide bonds. The van der Waals surface area contributed by atoms with Gasteiger partial charge in [0.05, 0.1) is 32.6 Å². The number of nitrogens with zero attached hydrogens (tertiary/aromatic N) is 2. The maximum Gasteiger partial charge on any atom is 0.266 e. The van der Waals surface area contributed by atoms with Gasteiger partial charge in [-0.3, -0.25) is 9.59 Å². The van der Waals surface area contributed by atoms with Gasteiger partial charge in [-0.2, -0.15) is 0 Å². The van der Waals surface area contributed by atoms with Gasteiger partial charge in [0, 0.05) is 16.6 Å². The average Bonchev–Trinajstić information content (AvgIpc) is 3.34. The number of rotatable bonds is 4. The van der Waals surface area contributed by atoms with E-state index in [0.29, 0.717) is 32.0 Å². The first-order valence-corrected chi connectivity index (χ1v) is 10.9. The van der Waals surface area contributed by atoms with Gasteiger partial charge in [-0.15, -0.1) is 28.3 Å². The lowest BCUT2D eigenvalue weighted by molar-refractivity contribution is 0.0926. The van der Waals surface area contributed by atoms with Gasteiger partial charge in [0.2, 0.25) is 0 Å². The topological polar surface area (TPSA) is 62.3 Å². The van der Waals surface area contributed by atoms with Crippen LogP contribution in [0.15, 0.2) is 72.1 Å².